The lowest BCUT2D eigenvalue weighted by Crippen LogP contribution is -2.44. The molecule has 0 aliphatic carbocycles. The molecule has 29 heavy (non-hydrogen) atoms. The highest BCUT2D eigenvalue weighted by molar-refractivity contribution is 6.01. The largest absolute Gasteiger partial charge is 0.456 e. The summed E-state index contributed by atoms with van der Waals surface area (Å²) in [6.45, 7) is 0.777. The molecule has 7 heteroatoms. The topological polar surface area (TPSA) is 122 Å². The van der Waals surface area contributed by atoms with Gasteiger partial charge in [-0.2, -0.15) is 5.26 Å². The first kappa shape index (κ1) is 21.4. The predicted octanol–water partition coefficient (Wildman–Crippen LogP) is 1.90. The van der Waals surface area contributed by atoms with Crippen LogP contribution in [0.15, 0.2) is 71.9 Å². The van der Waals surface area contributed by atoms with E-state index in [1.54, 1.807) is 36.4 Å². The maximum atomic E-state index is 12.6. The number of rotatable bonds is 8. The van der Waals surface area contributed by atoms with Crippen LogP contribution in [0, 0.1) is 11.3 Å². The SMILES string of the molecule is CC(N)=C(C#N)C(=O)COC(=O)C(Cc1ccccc1)NC(=O)c1ccccc1. The summed E-state index contributed by atoms with van der Waals surface area (Å²) >= 11 is 0. The molecule has 1 unspecified atom stereocenters. The number of nitriles is 1. The van der Waals surface area contributed by atoms with Crippen LogP contribution in [-0.4, -0.2) is 30.3 Å². The first-order chi connectivity index (χ1) is 13.9. The molecule has 1 amide bonds. The highest BCUT2D eigenvalue weighted by Crippen LogP contribution is 2.08. The van der Waals surface area contributed by atoms with Gasteiger partial charge in [0.2, 0.25) is 5.78 Å². The van der Waals surface area contributed by atoms with E-state index >= 15 is 0 Å². The number of amides is 1. The number of Topliss-reactive ketones (excluding diaryl/α,β-unsaturated/α-hetero) is 1. The van der Waals surface area contributed by atoms with Gasteiger partial charge in [0.1, 0.15) is 17.7 Å². The minimum atomic E-state index is -1.01. The number of esters is 1. The Labute approximate surface area is 168 Å². The van der Waals surface area contributed by atoms with Crippen LogP contribution in [0.2, 0.25) is 0 Å². The molecule has 0 saturated carbocycles. The molecule has 0 saturated heterocycles. The minimum absolute atomic E-state index is 0.0479. The summed E-state index contributed by atoms with van der Waals surface area (Å²) in [5.74, 6) is -1.92. The van der Waals surface area contributed by atoms with E-state index < -0.39 is 30.3 Å². The fraction of sp³-hybridized carbons (Fsp3) is 0.182. The highest BCUT2D eigenvalue weighted by Gasteiger charge is 2.25. The molecule has 0 aliphatic heterocycles. The summed E-state index contributed by atoms with van der Waals surface area (Å²) in [4.78, 5) is 37.1. The van der Waals surface area contributed by atoms with Gasteiger partial charge in [0.05, 0.1) is 0 Å². The number of ketones is 1. The quantitative estimate of drug-likeness (QED) is 0.403. The van der Waals surface area contributed by atoms with Crippen LogP contribution < -0.4 is 11.1 Å². The number of carbonyl (C=O) groups excluding carboxylic acids is 3. The fourth-order valence-corrected chi connectivity index (χ4v) is 2.55. The van der Waals surface area contributed by atoms with E-state index in [1.165, 1.54) is 6.92 Å². The number of ether oxygens (including phenoxy) is 1. The van der Waals surface area contributed by atoms with Crippen LogP contribution in [0.4, 0.5) is 0 Å². The number of carbonyl (C=O) groups is 3. The molecule has 0 heterocycles. The first-order valence-corrected chi connectivity index (χ1v) is 8.88. The third-order valence-electron chi connectivity index (χ3n) is 4.04. The second kappa shape index (κ2) is 10.4. The first-order valence-electron chi connectivity index (χ1n) is 8.88. The maximum absolute atomic E-state index is 12.6. The third kappa shape index (κ3) is 6.33. The molecule has 0 fully saturated rings. The van der Waals surface area contributed by atoms with Crippen LogP contribution in [-0.2, 0) is 20.7 Å². The highest BCUT2D eigenvalue weighted by atomic mass is 16.5. The smallest absolute Gasteiger partial charge is 0.329 e. The van der Waals surface area contributed by atoms with Crippen molar-refractivity contribution in [3.63, 3.8) is 0 Å². The molecule has 1 atom stereocenters. The molecule has 0 aromatic heterocycles. The van der Waals surface area contributed by atoms with Gasteiger partial charge in [-0.3, -0.25) is 9.59 Å². The van der Waals surface area contributed by atoms with Crippen molar-refractivity contribution in [2.75, 3.05) is 6.61 Å². The Balaban J connectivity index is 2.12. The summed E-state index contributed by atoms with van der Waals surface area (Å²) in [5, 5.41) is 11.6. The van der Waals surface area contributed by atoms with Gasteiger partial charge in [0.15, 0.2) is 6.61 Å². The lowest BCUT2D eigenvalue weighted by Gasteiger charge is -2.18. The van der Waals surface area contributed by atoms with Crippen LogP contribution in [0.1, 0.15) is 22.8 Å². The van der Waals surface area contributed by atoms with Gasteiger partial charge in [0, 0.05) is 17.7 Å². The molecule has 2 aromatic rings. The second-order valence-electron chi connectivity index (χ2n) is 6.28. The van der Waals surface area contributed by atoms with Crippen molar-refractivity contribution in [2.45, 2.75) is 19.4 Å². The molecule has 7 nitrogen and oxygen atoms in total. The zero-order valence-electron chi connectivity index (χ0n) is 15.9. The van der Waals surface area contributed by atoms with Crippen LogP contribution in [0.3, 0.4) is 0 Å². The average molecular weight is 391 g/mol. The predicted molar refractivity (Wildman–Crippen MR) is 106 cm³/mol. The molecule has 3 N–H and O–H groups in total. The second-order valence-corrected chi connectivity index (χ2v) is 6.28. The number of benzene rings is 2. The Morgan fingerprint density at radius 2 is 1.66 bits per heavy atom. The van der Waals surface area contributed by atoms with E-state index in [2.05, 4.69) is 5.32 Å². The number of nitrogens with two attached hydrogens (primary N) is 1. The molecular weight excluding hydrogens is 370 g/mol. The fourth-order valence-electron chi connectivity index (χ4n) is 2.55. The van der Waals surface area contributed by atoms with Crippen molar-refractivity contribution in [3.8, 4) is 6.07 Å². The van der Waals surface area contributed by atoms with E-state index in [1.807, 2.05) is 30.3 Å². The van der Waals surface area contributed by atoms with Crippen molar-refractivity contribution in [1.29, 1.82) is 5.26 Å². The molecule has 2 aromatic carbocycles. The molecule has 148 valence electrons. The normalized spacial score (nSPS) is 12.1. The van der Waals surface area contributed by atoms with Gasteiger partial charge < -0.3 is 15.8 Å². The summed E-state index contributed by atoms with van der Waals surface area (Å²) in [7, 11) is 0. The average Bonchev–Trinajstić information content (AvgIpc) is 2.73. The van der Waals surface area contributed by atoms with E-state index in [0.717, 1.165) is 5.56 Å². The Kier molecular flexibility index (Phi) is 7.68. The van der Waals surface area contributed by atoms with Crippen molar-refractivity contribution in [1.82, 2.24) is 5.32 Å². The van der Waals surface area contributed by atoms with Gasteiger partial charge in [-0.25, -0.2) is 4.79 Å². The maximum Gasteiger partial charge on any atom is 0.329 e. The summed E-state index contributed by atoms with van der Waals surface area (Å²) in [6.07, 6.45) is 0.184. The summed E-state index contributed by atoms with van der Waals surface area (Å²) < 4.78 is 5.06. The molecular formula is C22H21N3O4. The van der Waals surface area contributed by atoms with Crippen molar-refractivity contribution < 1.29 is 19.1 Å². The van der Waals surface area contributed by atoms with E-state index in [9.17, 15) is 14.4 Å². The van der Waals surface area contributed by atoms with Crippen molar-refractivity contribution in [3.05, 3.63) is 83.1 Å². The van der Waals surface area contributed by atoms with E-state index in [4.69, 9.17) is 15.7 Å². The number of allylic oxidation sites excluding steroid dienone is 1. The number of nitrogens with zero attached hydrogens (tertiary/aromatic N) is 1. The molecule has 0 radical (unpaired) electrons. The summed E-state index contributed by atoms with van der Waals surface area (Å²) in [6, 6.07) is 18.2. The van der Waals surface area contributed by atoms with Gasteiger partial charge in [0.25, 0.3) is 5.91 Å². The van der Waals surface area contributed by atoms with Crippen LogP contribution in [0.25, 0.3) is 0 Å². The third-order valence-corrected chi connectivity index (χ3v) is 4.04. The van der Waals surface area contributed by atoms with Gasteiger partial charge in [-0.1, -0.05) is 48.5 Å². The number of nitrogens with one attached hydrogen (secondary N) is 1. The number of hydrogen-bond donors (Lipinski definition) is 2. The lowest BCUT2D eigenvalue weighted by molar-refractivity contribution is -0.149. The lowest BCUT2D eigenvalue weighted by atomic mass is 10.1. The molecule has 0 aliphatic rings. The zero-order chi connectivity index (χ0) is 21.2. The Morgan fingerprint density at radius 1 is 1.07 bits per heavy atom. The van der Waals surface area contributed by atoms with Gasteiger partial charge in [-0.05, 0) is 24.6 Å². The standard InChI is InChI=1S/C22H21N3O4/c1-15(24)18(13-23)20(26)14-29-22(28)19(12-16-8-4-2-5-9-16)25-21(27)17-10-6-3-7-11-17/h2-11,19H,12,14,24H2,1H3,(H,25,27). The Morgan fingerprint density at radius 3 is 2.21 bits per heavy atom. The molecule has 0 spiro atoms. The van der Waals surface area contributed by atoms with Crippen molar-refractivity contribution in [2.24, 2.45) is 5.73 Å². The summed E-state index contributed by atoms with van der Waals surface area (Å²) in [5.41, 5.74) is 6.48. The molecule has 0 bridgehead atoms. The zero-order valence-corrected chi connectivity index (χ0v) is 15.9. The minimum Gasteiger partial charge on any atom is -0.456 e. The Bertz CT molecular complexity index is 943. The van der Waals surface area contributed by atoms with E-state index in [0.29, 0.717) is 5.56 Å². The van der Waals surface area contributed by atoms with Gasteiger partial charge in [-0.15, -0.1) is 0 Å². The number of hydrogen-bond acceptors (Lipinski definition) is 6. The van der Waals surface area contributed by atoms with Crippen LogP contribution >= 0.6 is 0 Å². The van der Waals surface area contributed by atoms with Gasteiger partial charge >= 0.3 is 5.97 Å². The Hall–Kier alpha value is -3.92. The van der Waals surface area contributed by atoms with Crippen LogP contribution in [0.5, 0.6) is 0 Å². The molecule has 2 rings (SSSR count). The van der Waals surface area contributed by atoms with E-state index in [-0.39, 0.29) is 17.7 Å². The van der Waals surface area contributed by atoms with Crippen molar-refractivity contribution >= 4 is 17.7 Å². The monoisotopic (exact) mass is 391 g/mol.